The molecule has 0 amide bonds. The van der Waals surface area contributed by atoms with Crippen LogP contribution in [0.25, 0.3) is 0 Å². The van der Waals surface area contributed by atoms with Crippen molar-refractivity contribution in [3.8, 4) is 0 Å². The SMILES string of the molecule is O=S(=O)(O)C1CCC(I)CC1. The Kier molecular flexibility index (Phi) is 3.16. The zero-order chi connectivity index (χ0) is 8.48. The second-order valence-corrected chi connectivity index (χ2v) is 6.35. The molecule has 0 bridgehead atoms. The van der Waals surface area contributed by atoms with Crippen molar-refractivity contribution < 1.29 is 13.0 Å². The van der Waals surface area contributed by atoms with Crippen molar-refractivity contribution in [1.82, 2.24) is 0 Å². The number of alkyl halides is 1. The Bertz CT molecular complexity index is 216. The average molecular weight is 290 g/mol. The van der Waals surface area contributed by atoms with Crippen LogP contribution in [0.1, 0.15) is 25.7 Å². The second-order valence-electron chi connectivity index (χ2n) is 2.89. The van der Waals surface area contributed by atoms with Crippen molar-refractivity contribution in [2.75, 3.05) is 0 Å². The fourth-order valence-electron chi connectivity index (χ4n) is 1.32. The molecule has 3 nitrogen and oxygen atoms in total. The molecule has 1 N–H and O–H groups in total. The lowest BCUT2D eigenvalue weighted by Gasteiger charge is -2.22. The van der Waals surface area contributed by atoms with Crippen molar-refractivity contribution in [2.45, 2.75) is 34.9 Å². The maximum absolute atomic E-state index is 10.6. The van der Waals surface area contributed by atoms with Crippen LogP contribution in [0, 0.1) is 0 Å². The Morgan fingerprint density at radius 2 is 1.64 bits per heavy atom. The predicted molar refractivity (Wildman–Crippen MR) is 51.6 cm³/mol. The number of hydrogen-bond donors (Lipinski definition) is 1. The Morgan fingerprint density at radius 1 is 1.18 bits per heavy atom. The summed E-state index contributed by atoms with van der Waals surface area (Å²) in [5, 5.41) is -0.492. The molecule has 0 spiro atoms. The summed E-state index contributed by atoms with van der Waals surface area (Å²) in [4.78, 5) is 0. The van der Waals surface area contributed by atoms with Gasteiger partial charge >= 0.3 is 0 Å². The van der Waals surface area contributed by atoms with Crippen LogP contribution in [0.15, 0.2) is 0 Å². The molecule has 0 aromatic carbocycles. The molecule has 5 heteroatoms. The maximum Gasteiger partial charge on any atom is 0.267 e. The van der Waals surface area contributed by atoms with E-state index in [2.05, 4.69) is 22.6 Å². The van der Waals surface area contributed by atoms with E-state index >= 15 is 0 Å². The van der Waals surface area contributed by atoms with Crippen LogP contribution in [0.5, 0.6) is 0 Å². The molecule has 0 aromatic rings. The van der Waals surface area contributed by atoms with E-state index in [1.165, 1.54) is 0 Å². The van der Waals surface area contributed by atoms with Crippen LogP contribution in [0.2, 0.25) is 0 Å². The third-order valence-corrected chi connectivity index (χ3v) is 4.58. The minimum Gasteiger partial charge on any atom is -0.285 e. The lowest BCUT2D eigenvalue weighted by atomic mass is 10.0. The zero-order valence-electron chi connectivity index (χ0n) is 6.03. The van der Waals surface area contributed by atoms with E-state index in [-0.39, 0.29) is 0 Å². The first kappa shape index (κ1) is 9.73. The van der Waals surface area contributed by atoms with Crippen molar-refractivity contribution in [3.05, 3.63) is 0 Å². The zero-order valence-corrected chi connectivity index (χ0v) is 9.01. The summed E-state index contributed by atoms with van der Waals surface area (Å²) < 4.78 is 30.6. The molecule has 1 aliphatic rings. The Morgan fingerprint density at radius 3 is 2.00 bits per heavy atom. The van der Waals surface area contributed by atoms with E-state index in [0.29, 0.717) is 16.8 Å². The molecule has 1 rings (SSSR count). The standard InChI is InChI=1S/C6H11IO3S/c7-5-1-3-6(4-2-5)11(8,9)10/h5-6H,1-4H2,(H,8,9,10). The largest absolute Gasteiger partial charge is 0.285 e. The van der Waals surface area contributed by atoms with Gasteiger partial charge in [0.2, 0.25) is 0 Å². The van der Waals surface area contributed by atoms with Gasteiger partial charge in [0.15, 0.2) is 0 Å². The van der Waals surface area contributed by atoms with Gasteiger partial charge in [-0.15, -0.1) is 0 Å². The van der Waals surface area contributed by atoms with E-state index in [1.54, 1.807) is 0 Å². The lowest BCUT2D eigenvalue weighted by Crippen LogP contribution is -2.26. The molecular formula is C6H11IO3S. The van der Waals surface area contributed by atoms with Crippen LogP contribution in [0.4, 0.5) is 0 Å². The van der Waals surface area contributed by atoms with Gasteiger partial charge in [-0.1, -0.05) is 22.6 Å². The first-order valence-electron chi connectivity index (χ1n) is 3.60. The van der Waals surface area contributed by atoms with Crippen LogP contribution in [-0.4, -0.2) is 22.1 Å². The molecule has 0 aliphatic heterocycles. The third-order valence-electron chi connectivity index (χ3n) is 2.02. The number of rotatable bonds is 1. The monoisotopic (exact) mass is 290 g/mol. The molecule has 0 radical (unpaired) electrons. The second kappa shape index (κ2) is 3.57. The van der Waals surface area contributed by atoms with E-state index in [9.17, 15) is 8.42 Å². The number of halogens is 1. The highest BCUT2D eigenvalue weighted by molar-refractivity contribution is 14.1. The summed E-state index contributed by atoms with van der Waals surface area (Å²) in [6, 6.07) is 0. The minimum atomic E-state index is -3.75. The normalized spacial score (nSPS) is 33.6. The molecule has 0 saturated heterocycles. The molecule has 1 fully saturated rings. The summed E-state index contributed by atoms with van der Waals surface area (Å²) in [5.41, 5.74) is 0. The van der Waals surface area contributed by atoms with Crippen molar-refractivity contribution in [2.24, 2.45) is 0 Å². The van der Waals surface area contributed by atoms with Crippen LogP contribution >= 0.6 is 22.6 Å². The Balaban J connectivity index is 2.53. The summed E-state index contributed by atoms with van der Waals surface area (Å²) in [7, 11) is -3.75. The first-order valence-corrected chi connectivity index (χ1v) is 6.35. The van der Waals surface area contributed by atoms with Gasteiger partial charge in [-0.3, -0.25) is 4.55 Å². The summed E-state index contributed by atoms with van der Waals surface area (Å²) >= 11 is 2.32. The van der Waals surface area contributed by atoms with Crippen molar-refractivity contribution in [3.63, 3.8) is 0 Å². The van der Waals surface area contributed by atoms with Gasteiger partial charge in [0.25, 0.3) is 10.1 Å². The summed E-state index contributed by atoms with van der Waals surface area (Å²) in [6.07, 6.45) is 3.05. The molecule has 11 heavy (non-hydrogen) atoms. The maximum atomic E-state index is 10.6. The van der Waals surface area contributed by atoms with Gasteiger partial charge < -0.3 is 0 Å². The molecule has 0 aromatic heterocycles. The Labute approximate surface area is 80.4 Å². The molecule has 1 saturated carbocycles. The lowest BCUT2D eigenvalue weighted by molar-refractivity contribution is 0.432. The Hall–Kier alpha value is 0.640. The van der Waals surface area contributed by atoms with E-state index in [4.69, 9.17) is 4.55 Å². The number of hydrogen-bond acceptors (Lipinski definition) is 2. The van der Waals surface area contributed by atoms with Gasteiger partial charge in [-0.25, -0.2) is 0 Å². The average Bonchev–Trinajstić information content (AvgIpc) is 1.86. The first-order chi connectivity index (χ1) is 5.00. The smallest absolute Gasteiger partial charge is 0.267 e. The van der Waals surface area contributed by atoms with E-state index in [1.807, 2.05) is 0 Å². The van der Waals surface area contributed by atoms with Crippen molar-refractivity contribution >= 4 is 32.7 Å². The molecular weight excluding hydrogens is 279 g/mol. The van der Waals surface area contributed by atoms with E-state index in [0.717, 1.165) is 12.8 Å². The summed E-state index contributed by atoms with van der Waals surface area (Å²) in [6.45, 7) is 0. The van der Waals surface area contributed by atoms with Crippen molar-refractivity contribution in [1.29, 1.82) is 0 Å². The fourth-order valence-corrected chi connectivity index (χ4v) is 2.91. The fraction of sp³-hybridized carbons (Fsp3) is 1.00. The van der Waals surface area contributed by atoms with Crippen LogP contribution < -0.4 is 0 Å². The third kappa shape index (κ3) is 2.87. The van der Waals surface area contributed by atoms with Crippen LogP contribution in [-0.2, 0) is 10.1 Å². The van der Waals surface area contributed by atoms with Gasteiger partial charge in [0.05, 0.1) is 5.25 Å². The quantitative estimate of drug-likeness (QED) is 0.453. The highest BCUT2D eigenvalue weighted by Crippen LogP contribution is 2.27. The molecule has 0 heterocycles. The van der Waals surface area contributed by atoms with Gasteiger partial charge in [0.1, 0.15) is 0 Å². The van der Waals surface area contributed by atoms with E-state index < -0.39 is 15.4 Å². The van der Waals surface area contributed by atoms with Crippen LogP contribution in [0.3, 0.4) is 0 Å². The molecule has 0 atom stereocenters. The minimum absolute atomic E-state index is 0.492. The molecule has 0 unspecified atom stereocenters. The van der Waals surface area contributed by atoms with Gasteiger partial charge in [0, 0.05) is 3.92 Å². The predicted octanol–water partition coefficient (Wildman–Crippen LogP) is 1.62. The molecule has 66 valence electrons. The van der Waals surface area contributed by atoms with Gasteiger partial charge in [-0.2, -0.15) is 8.42 Å². The van der Waals surface area contributed by atoms with Gasteiger partial charge in [-0.05, 0) is 25.7 Å². The highest BCUT2D eigenvalue weighted by Gasteiger charge is 2.27. The summed E-state index contributed by atoms with van der Waals surface area (Å²) in [5.74, 6) is 0. The molecule has 1 aliphatic carbocycles. The topological polar surface area (TPSA) is 54.4 Å². The highest BCUT2D eigenvalue weighted by atomic mass is 127.